The number of rotatable bonds is 9. The molecule has 0 aliphatic carbocycles. The van der Waals surface area contributed by atoms with Gasteiger partial charge >= 0.3 is 0 Å². The molecular formula is C16H22Cl4N2O2. The monoisotopic (exact) mass is 414 g/mol. The van der Waals surface area contributed by atoms with Crippen LogP contribution in [0.4, 0.5) is 0 Å². The third kappa shape index (κ3) is 8.08. The van der Waals surface area contributed by atoms with E-state index in [1.165, 1.54) is 0 Å². The third-order valence-corrected chi connectivity index (χ3v) is 3.54. The first-order chi connectivity index (χ1) is 10.7. The van der Waals surface area contributed by atoms with Crippen molar-refractivity contribution in [3.8, 4) is 11.3 Å². The Balaban J connectivity index is 0.00000264. The van der Waals surface area contributed by atoms with Gasteiger partial charge in [-0.3, -0.25) is 0 Å². The number of benzene rings is 1. The zero-order valence-corrected chi connectivity index (χ0v) is 16.2. The van der Waals surface area contributed by atoms with Gasteiger partial charge in [-0.1, -0.05) is 23.2 Å². The van der Waals surface area contributed by atoms with E-state index >= 15 is 0 Å². The first kappa shape index (κ1) is 23.5. The lowest BCUT2D eigenvalue weighted by molar-refractivity contribution is 0.292. The second kappa shape index (κ2) is 12.8. The van der Waals surface area contributed by atoms with Crippen LogP contribution in [0.3, 0.4) is 0 Å². The van der Waals surface area contributed by atoms with Crippen molar-refractivity contribution in [1.29, 1.82) is 0 Å². The minimum Gasteiger partial charge on any atom is -0.460 e. The molecular weight excluding hydrogens is 394 g/mol. The van der Waals surface area contributed by atoms with Crippen molar-refractivity contribution >= 4 is 48.0 Å². The highest BCUT2D eigenvalue weighted by atomic mass is 35.5. The Morgan fingerprint density at radius 1 is 0.917 bits per heavy atom. The highest BCUT2D eigenvalue weighted by Crippen LogP contribution is 2.28. The molecule has 0 aliphatic heterocycles. The van der Waals surface area contributed by atoms with Crippen molar-refractivity contribution in [2.75, 3.05) is 26.2 Å². The molecule has 0 radical (unpaired) electrons. The zero-order chi connectivity index (χ0) is 15.8. The Labute approximate surface area is 164 Å². The van der Waals surface area contributed by atoms with Crippen LogP contribution in [0.1, 0.15) is 12.2 Å². The molecule has 0 aliphatic rings. The fourth-order valence-corrected chi connectivity index (χ4v) is 2.60. The molecule has 0 saturated carbocycles. The van der Waals surface area contributed by atoms with Crippen molar-refractivity contribution in [1.82, 2.24) is 10.6 Å². The van der Waals surface area contributed by atoms with Gasteiger partial charge in [0.05, 0.1) is 13.2 Å². The lowest BCUT2D eigenvalue weighted by atomic mass is 10.2. The van der Waals surface area contributed by atoms with Gasteiger partial charge in [0.1, 0.15) is 11.5 Å². The average Bonchev–Trinajstić information content (AvgIpc) is 2.94. The molecule has 0 fully saturated rings. The molecule has 4 nitrogen and oxygen atoms in total. The maximum absolute atomic E-state index is 8.64. The first-order valence-corrected chi connectivity index (χ1v) is 8.02. The Hall–Kier alpha value is -0.460. The average molecular weight is 416 g/mol. The summed E-state index contributed by atoms with van der Waals surface area (Å²) in [6.07, 6.45) is 0.997. The summed E-state index contributed by atoms with van der Waals surface area (Å²) >= 11 is 12.0. The van der Waals surface area contributed by atoms with Crippen LogP contribution in [0.25, 0.3) is 11.3 Å². The van der Waals surface area contributed by atoms with E-state index in [0.717, 1.165) is 36.6 Å². The molecule has 0 spiro atoms. The molecule has 1 aromatic heterocycles. The van der Waals surface area contributed by atoms with Crippen LogP contribution in [0, 0.1) is 0 Å². The van der Waals surface area contributed by atoms with E-state index in [-0.39, 0.29) is 31.4 Å². The van der Waals surface area contributed by atoms with Gasteiger partial charge in [0, 0.05) is 22.2 Å². The summed E-state index contributed by atoms with van der Waals surface area (Å²) in [5.74, 6) is 1.63. The minimum absolute atomic E-state index is 0. The van der Waals surface area contributed by atoms with Crippen LogP contribution in [0.5, 0.6) is 0 Å². The van der Waals surface area contributed by atoms with E-state index in [1.54, 1.807) is 6.07 Å². The summed E-state index contributed by atoms with van der Waals surface area (Å²) in [5.41, 5.74) is 0.872. The van der Waals surface area contributed by atoms with Gasteiger partial charge in [0.25, 0.3) is 0 Å². The number of furan rings is 1. The van der Waals surface area contributed by atoms with Gasteiger partial charge in [-0.2, -0.15) is 0 Å². The molecule has 2 aromatic rings. The van der Waals surface area contributed by atoms with E-state index in [1.807, 2.05) is 24.3 Å². The second-order valence-corrected chi connectivity index (χ2v) is 5.80. The van der Waals surface area contributed by atoms with E-state index in [9.17, 15) is 0 Å². The molecule has 0 saturated heterocycles. The second-order valence-electron chi connectivity index (χ2n) is 4.93. The third-order valence-electron chi connectivity index (χ3n) is 3.10. The summed E-state index contributed by atoms with van der Waals surface area (Å²) in [4.78, 5) is 0. The van der Waals surface area contributed by atoms with Crippen LogP contribution < -0.4 is 10.6 Å². The first-order valence-electron chi connectivity index (χ1n) is 7.26. The fraction of sp³-hybridized carbons (Fsp3) is 0.375. The van der Waals surface area contributed by atoms with E-state index in [4.69, 9.17) is 32.7 Å². The van der Waals surface area contributed by atoms with Crippen molar-refractivity contribution < 1.29 is 9.52 Å². The smallest absolute Gasteiger partial charge is 0.134 e. The molecule has 0 amide bonds. The van der Waals surface area contributed by atoms with Crippen molar-refractivity contribution in [3.63, 3.8) is 0 Å². The van der Waals surface area contributed by atoms with Crippen LogP contribution in [0.15, 0.2) is 34.7 Å². The molecule has 1 heterocycles. The molecule has 8 heteroatoms. The minimum atomic E-state index is 0. The largest absolute Gasteiger partial charge is 0.460 e. The number of hydrogen-bond acceptors (Lipinski definition) is 4. The van der Waals surface area contributed by atoms with Crippen LogP contribution in [-0.4, -0.2) is 31.3 Å². The van der Waals surface area contributed by atoms with Gasteiger partial charge < -0.3 is 20.2 Å². The van der Waals surface area contributed by atoms with Crippen molar-refractivity contribution in [2.45, 2.75) is 13.0 Å². The summed E-state index contributed by atoms with van der Waals surface area (Å²) in [7, 11) is 0. The summed E-state index contributed by atoms with van der Waals surface area (Å²) in [6, 6.07) is 9.22. The maximum Gasteiger partial charge on any atom is 0.134 e. The number of hydrogen-bond donors (Lipinski definition) is 3. The number of halogens is 4. The standard InChI is InChI=1S/C16H20Cl2N2O2.2ClH/c17-13-8-12(9-14(18)10-13)16-3-2-15(22-16)11-20-5-1-4-19-6-7-21;;/h2-3,8-10,19-21H,1,4-7,11H2;2*1H. The molecule has 0 atom stereocenters. The van der Waals surface area contributed by atoms with Gasteiger partial charge in [-0.15, -0.1) is 24.8 Å². The predicted octanol–water partition coefficient (Wildman–Crippen LogP) is 4.16. The molecule has 24 heavy (non-hydrogen) atoms. The predicted molar refractivity (Wildman–Crippen MR) is 105 cm³/mol. The Morgan fingerprint density at radius 3 is 2.25 bits per heavy atom. The Morgan fingerprint density at radius 2 is 1.58 bits per heavy atom. The van der Waals surface area contributed by atoms with Gasteiger partial charge in [-0.05, 0) is 49.8 Å². The zero-order valence-electron chi connectivity index (χ0n) is 13.1. The maximum atomic E-state index is 8.64. The number of aliphatic hydroxyl groups excluding tert-OH is 1. The van der Waals surface area contributed by atoms with Crippen LogP contribution in [0.2, 0.25) is 10.0 Å². The Bertz CT molecular complexity index is 573. The summed E-state index contributed by atoms with van der Waals surface area (Å²) in [6.45, 7) is 3.27. The molecule has 3 N–H and O–H groups in total. The van der Waals surface area contributed by atoms with Gasteiger partial charge in [0.2, 0.25) is 0 Å². The van der Waals surface area contributed by atoms with Crippen molar-refractivity contribution in [2.24, 2.45) is 0 Å². The SMILES string of the molecule is Cl.Cl.OCCNCCCNCc1ccc(-c2cc(Cl)cc(Cl)c2)o1. The number of aliphatic hydroxyl groups is 1. The van der Waals surface area contributed by atoms with Gasteiger partial charge in [-0.25, -0.2) is 0 Å². The topological polar surface area (TPSA) is 57.4 Å². The number of nitrogens with one attached hydrogen (secondary N) is 2. The summed E-state index contributed by atoms with van der Waals surface area (Å²) in [5, 5.41) is 16.3. The van der Waals surface area contributed by atoms with Crippen LogP contribution in [-0.2, 0) is 6.54 Å². The van der Waals surface area contributed by atoms with Gasteiger partial charge in [0.15, 0.2) is 0 Å². The molecule has 1 aromatic carbocycles. The normalized spacial score (nSPS) is 10.1. The molecule has 0 bridgehead atoms. The van der Waals surface area contributed by atoms with E-state index in [2.05, 4.69) is 10.6 Å². The summed E-state index contributed by atoms with van der Waals surface area (Å²) < 4.78 is 5.80. The van der Waals surface area contributed by atoms with E-state index in [0.29, 0.717) is 23.1 Å². The quantitative estimate of drug-likeness (QED) is 0.538. The van der Waals surface area contributed by atoms with Crippen LogP contribution >= 0.6 is 48.0 Å². The molecule has 2 rings (SSSR count). The molecule has 0 unspecified atom stereocenters. The highest BCUT2D eigenvalue weighted by molar-refractivity contribution is 6.35. The molecule has 136 valence electrons. The fourth-order valence-electron chi connectivity index (χ4n) is 2.08. The Kier molecular flexibility index (Phi) is 12.6. The lowest BCUT2D eigenvalue weighted by Gasteiger charge is -2.04. The highest BCUT2D eigenvalue weighted by Gasteiger charge is 2.06. The lowest BCUT2D eigenvalue weighted by Crippen LogP contribution is -2.23. The van der Waals surface area contributed by atoms with Crippen molar-refractivity contribution in [3.05, 3.63) is 46.1 Å². The van der Waals surface area contributed by atoms with E-state index < -0.39 is 0 Å².